The molecule has 0 atom stereocenters. The average molecular weight is 376 g/mol. The smallest absolute Gasteiger partial charge is 0.415 e. The number of carboxylic acids is 1. The van der Waals surface area contributed by atoms with E-state index in [1.54, 1.807) is 16.3 Å². The SMILES string of the molecule is CC(C)(C)OC(=O)N1CCOc2ccc(-c3nc(CC(=O)O)cs3)cc21. The van der Waals surface area contributed by atoms with Crippen molar-refractivity contribution in [2.24, 2.45) is 0 Å². The molecule has 1 N–H and O–H groups in total. The number of nitrogens with zero attached hydrogens (tertiary/aromatic N) is 2. The molecule has 0 aliphatic carbocycles. The van der Waals surface area contributed by atoms with Crippen molar-refractivity contribution in [3.8, 4) is 16.3 Å². The molecule has 26 heavy (non-hydrogen) atoms. The lowest BCUT2D eigenvalue weighted by molar-refractivity contribution is -0.136. The maximum absolute atomic E-state index is 12.5. The van der Waals surface area contributed by atoms with Gasteiger partial charge in [-0.25, -0.2) is 9.78 Å². The Morgan fingerprint density at radius 3 is 2.85 bits per heavy atom. The van der Waals surface area contributed by atoms with Gasteiger partial charge in [0.15, 0.2) is 0 Å². The van der Waals surface area contributed by atoms with Crippen LogP contribution in [0.3, 0.4) is 0 Å². The van der Waals surface area contributed by atoms with Gasteiger partial charge in [-0.15, -0.1) is 11.3 Å². The minimum absolute atomic E-state index is 0.116. The molecule has 0 spiro atoms. The number of amides is 1. The van der Waals surface area contributed by atoms with Gasteiger partial charge in [0.1, 0.15) is 23.0 Å². The second-order valence-electron chi connectivity index (χ2n) is 6.88. The van der Waals surface area contributed by atoms with E-state index in [2.05, 4.69) is 4.98 Å². The van der Waals surface area contributed by atoms with Crippen LogP contribution in [0.5, 0.6) is 5.75 Å². The van der Waals surface area contributed by atoms with Crippen molar-refractivity contribution in [1.29, 1.82) is 0 Å². The van der Waals surface area contributed by atoms with Gasteiger partial charge in [-0.05, 0) is 39.0 Å². The number of aliphatic carboxylic acids is 1. The van der Waals surface area contributed by atoms with E-state index in [0.717, 1.165) is 5.56 Å². The fourth-order valence-corrected chi connectivity index (χ4v) is 3.35. The number of benzene rings is 1. The van der Waals surface area contributed by atoms with Gasteiger partial charge in [0.25, 0.3) is 0 Å². The summed E-state index contributed by atoms with van der Waals surface area (Å²) < 4.78 is 11.1. The highest BCUT2D eigenvalue weighted by Gasteiger charge is 2.28. The van der Waals surface area contributed by atoms with E-state index in [1.807, 2.05) is 32.9 Å². The molecule has 1 aromatic carbocycles. The largest absolute Gasteiger partial charge is 0.490 e. The zero-order valence-corrected chi connectivity index (χ0v) is 15.6. The van der Waals surface area contributed by atoms with Crippen LogP contribution in [0, 0.1) is 0 Å². The van der Waals surface area contributed by atoms with Crippen LogP contribution in [0.4, 0.5) is 10.5 Å². The van der Waals surface area contributed by atoms with Crippen molar-refractivity contribution in [2.45, 2.75) is 32.8 Å². The highest BCUT2D eigenvalue weighted by molar-refractivity contribution is 7.13. The van der Waals surface area contributed by atoms with Gasteiger partial charge in [0.2, 0.25) is 0 Å². The Bertz CT molecular complexity index is 840. The number of ether oxygens (including phenoxy) is 2. The summed E-state index contributed by atoms with van der Waals surface area (Å²) in [5, 5.41) is 11.3. The first-order chi connectivity index (χ1) is 12.2. The number of thiazole rings is 1. The molecular formula is C18H20N2O5S. The Labute approximate surface area is 155 Å². The van der Waals surface area contributed by atoms with Crippen LogP contribution in [0.15, 0.2) is 23.6 Å². The maximum Gasteiger partial charge on any atom is 0.415 e. The van der Waals surface area contributed by atoms with E-state index < -0.39 is 17.7 Å². The summed E-state index contributed by atoms with van der Waals surface area (Å²) in [4.78, 5) is 29.3. The molecule has 8 heteroatoms. The molecule has 138 valence electrons. The van der Waals surface area contributed by atoms with Crippen LogP contribution in [0.2, 0.25) is 0 Å². The molecule has 1 aromatic heterocycles. The third kappa shape index (κ3) is 4.13. The van der Waals surface area contributed by atoms with Gasteiger partial charge in [0, 0.05) is 10.9 Å². The van der Waals surface area contributed by atoms with Crippen molar-refractivity contribution in [3.05, 3.63) is 29.3 Å². The molecule has 0 bridgehead atoms. The molecule has 2 heterocycles. The molecule has 7 nitrogen and oxygen atoms in total. The van der Waals surface area contributed by atoms with Crippen molar-refractivity contribution in [3.63, 3.8) is 0 Å². The van der Waals surface area contributed by atoms with Crippen molar-refractivity contribution in [2.75, 3.05) is 18.1 Å². The molecule has 3 rings (SSSR count). The summed E-state index contributed by atoms with van der Waals surface area (Å²) in [7, 11) is 0. The van der Waals surface area contributed by atoms with E-state index in [4.69, 9.17) is 14.6 Å². The monoisotopic (exact) mass is 376 g/mol. The summed E-state index contributed by atoms with van der Waals surface area (Å²) >= 11 is 1.36. The number of anilines is 1. The molecule has 1 aliphatic heterocycles. The number of fused-ring (bicyclic) bond motifs is 1. The molecule has 1 amide bonds. The number of hydrogen-bond donors (Lipinski definition) is 1. The van der Waals surface area contributed by atoms with Gasteiger partial charge in [0.05, 0.1) is 24.3 Å². The predicted molar refractivity (Wildman–Crippen MR) is 98.0 cm³/mol. The molecular weight excluding hydrogens is 356 g/mol. The molecule has 2 aromatic rings. The molecule has 0 radical (unpaired) electrons. The molecule has 1 aliphatic rings. The number of hydrogen-bond acceptors (Lipinski definition) is 6. The van der Waals surface area contributed by atoms with E-state index in [0.29, 0.717) is 35.3 Å². The quantitative estimate of drug-likeness (QED) is 0.881. The number of carboxylic acid groups (broad SMARTS) is 1. The Morgan fingerprint density at radius 2 is 2.15 bits per heavy atom. The van der Waals surface area contributed by atoms with Crippen molar-refractivity contribution in [1.82, 2.24) is 4.98 Å². The predicted octanol–water partition coefficient (Wildman–Crippen LogP) is 3.57. The summed E-state index contributed by atoms with van der Waals surface area (Å²) in [6, 6.07) is 5.46. The molecule has 0 saturated carbocycles. The van der Waals surface area contributed by atoms with Crippen LogP contribution < -0.4 is 9.64 Å². The lowest BCUT2D eigenvalue weighted by Crippen LogP contribution is -2.41. The lowest BCUT2D eigenvalue weighted by atomic mass is 10.1. The number of aromatic nitrogens is 1. The van der Waals surface area contributed by atoms with Crippen molar-refractivity contribution >= 4 is 29.1 Å². The Kier molecular flexibility index (Phi) is 4.86. The van der Waals surface area contributed by atoms with E-state index >= 15 is 0 Å². The molecule has 0 unspecified atom stereocenters. The van der Waals surface area contributed by atoms with Crippen LogP contribution >= 0.6 is 11.3 Å². The number of carbonyl (C=O) groups excluding carboxylic acids is 1. The van der Waals surface area contributed by atoms with Gasteiger partial charge < -0.3 is 14.6 Å². The Balaban J connectivity index is 1.90. The minimum Gasteiger partial charge on any atom is -0.490 e. The van der Waals surface area contributed by atoms with Crippen LogP contribution in [-0.2, 0) is 16.0 Å². The first-order valence-corrected chi connectivity index (χ1v) is 9.05. The first kappa shape index (κ1) is 18.2. The standard InChI is InChI=1S/C18H20N2O5S/c1-18(2,3)25-17(23)20-6-7-24-14-5-4-11(8-13(14)20)16-19-12(10-26-16)9-15(21)22/h4-5,8,10H,6-7,9H2,1-3H3,(H,21,22). The van der Waals surface area contributed by atoms with Crippen LogP contribution in [-0.4, -0.2) is 40.9 Å². The number of rotatable bonds is 3. The highest BCUT2D eigenvalue weighted by atomic mass is 32.1. The minimum atomic E-state index is -0.920. The number of carbonyl (C=O) groups is 2. The van der Waals surface area contributed by atoms with Gasteiger partial charge in [-0.3, -0.25) is 9.69 Å². The normalized spacial score (nSPS) is 13.7. The van der Waals surface area contributed by atoms with Gasteiger partial charge in [-0.1, -0.05) is 0 Å². The Morgan fingerprint density at radius 1 is 1.38 bits per heavy atom. The maximum atomic E-state index is 12.5. The third-order valence-electron chi connectivity index (χ3n) is 3.57. The van der Waals surface area contributed by atoms with Crippen LogP contribution in [0.1, 0.15) is 26.5 Å². The summed E-state index contributed by atoms with van der Waals surface area (Å²) in [5.74, 6) is -0.315. The first-order valence-electron chi connectivity index (χ1n) is 8.17. The second-order valence-corrected chi connectivity index (χ2v) is 7.74. The lowest BCUT2D eigenvalue weighted by Gasteiger charge is -2.31. The van der Waals surface area contributed by atoms with E-state index in [-0.39, 0.29) is 6.42 Å². The van der Waals surface area contributed by atoms with Crippen molar-refractivity contribution < 1.29 is 24.2 Å². The fourth-order valence-electron chi connectivity index (χ4n) is 2.53. The topological polar surface area (TPSA) is 89.0 Å². The summed E-state index contributed by atoms with van der Waals surface area (Å²) in [6.07, 6.45) is -0.542. The Hall–Kier alpha value is -2.61. The summed E-state index contributed by atoms with van der Waals surface area (Å²) in [5.41, 5.74) is 1.34. The summed E-state index contributed by atoms with van der Waals surface area (Å²) in [6.45, 7) is 6.26. The molecule has 0 saturated heterocycles. The zero-order valence-electron chi connectivity index (χ0n) is 14.8. The van der Waals surface area contributed by atoms with E-state index in [9.17, 15) is 9.59 Å². The average Bonchev–Trinajstić information content (AvgIpc) is 2.99. The molecule has 0 fully saturated rings. The van der Waals surface area contributed by atoms with Gasteiger partial charge in [-0.2, -0.15) is 0 Å². The van der Waals surface area contributed by atoms with Gasteiger partial charge >= 0.3 is 12.1 Å². The second kappa shape index (κ2) is 6.95. The fraction of sp³-hybridized carbons (Fsp3) is 0.389. The van der Waals surface area contributed by atoms with Crippen LogP contribution in [0.25, 0.3) is 10.6 Å². The highest BCUT2D eigenvalue weighted by Crippen LogP contribution is 2.37. The van der Waals surface area contributed by atoms with E-state index in [1.165, 1.54) is 11.3 Å². The zero-order chi connectivity index (χ0) is 18.9. The third-order valence-corrected chi connectivity index (χ3v) is 4.51.